The van der Waals surface area contributed by atoms with Gasteiger partial charge in [-0.2, -0.15) is 4.39 Å². The van der Waals surface area contributed by atoms with E-state index in [-0.39, 0.29) is 16.3 Å². The molecule has 5 heteroatoms. The Morgan fingerprint density at radius 3 is 2.77 bits per heavy atom. The number of phenolic OH excluding ortho intramolecular Hbond substituents is 1. The smallest absolute Gasteiger partial charge is 0.208 e. The summed E-state index contributed by atoms with van der Waals surface area (Å²) >= 11 is 5.42. The minimum Gasteiger partial charge on any atom is -0.504 e. The van der Waals surface area contributed by atoms with Crippen LogP contribution in [0.4, 0.5) is 4.39 Å². The predicted molar refractivity (Wildman–Crippen MR) is 45.0 cm³/mol. The highest BCUT2D eigenvalue weighted by Gasteiger charge is 2.16. The molecule has 1 aromatic carbocycles. The monoisotopic (exact) mass is 204 g/mol. The fourth-order valence-electron chi connectivity index (χ4n) is 0.905. The van der Waals surface area contributed by atoms with Crippen molar-refractivity contribution < 1.29 is 19.0 Å². The third kappa shape index (κ3) is 1.58. The summed E-state index contributed by atoms with van der Waals surface area (Å²) in [5, 5.41) is 8.81. The number of rotatable bonds is 2. The highest BCUT2D eigenvalue weighted by atomic mass is 35.5. The lowest BCUT2D eigenvalue weighted by Crippen LogP contribution is -1.95. The van der Waals surface area contributed by atoms with Crippen molar-refractivity contribution in [2.24, 2.45) is 0 Å². The highest BCUT2D eigenvalue weighted by Crippen LogP contribution is 2.35. The van der Waals surface area contributed by atoms with Gasteiger partial charge in [0.1, 0.15) is 0 Å². The van der Waals surface area contributed by atoms with Gasteiger partial charge >= 0.3 is 0 Å². The Morgan fingerprint density at radius 2 is 2.31 bits per heavy atom. The number of halogens is 2. The summed E-state index contributed by atoms with van der Waals surface area (Å²) in [4.78, 5) is 10.4. The molecule has 1 rings (SSSR count). The van der Waals surface area contributed by atoms with Gasteiger partial charge in [0.05, 0.1) is 17.7 Å². The summed E-state index contributed by atoms with van der Waals surface area (Å²) < 4.78 is 17.7. The van der Waals surface area contributed by atoms with Crippen LogP contribution in [0.3, 0.4) is 0 Å². The third-order valence-corrected chi connectivity index (χ3v) is 1.80. The average molecular weight is 205 g/mol. The van der Waals surface area contributed by atoms with Crippen LogP contribution in [0.5, 0.6) is 11.5 Å². The maximum atomic E-state index is 13.1. The molecule has 70 valence electrons. The Kier molecular flexibility index (Phi) is 2.72. The molecule has 0 radical (unpaired) electrons. The SMILES string of the molecule is COc1c(C=O)cc(Cl)c(O)c1F. The quantitative estimate of drug-likeness (QED) is 0.750. The summed E-state index contributed by atoms with van der Waals surface area (Å²) in [6, 6.07) is 1.13. The Morgan fingerprint density at radius 1 is 1.69 bits per heavy atom. The van der Waals surface area contributed by atoms with Crippen LogP contribution in [-0.4, -0.2) is 18.5 Å². The second-order valence-corrected chi connectivity index (χ2v) is 2.67. The van der Waals surface area contributed by atoms with E-state index in [0.29, 0.717) is 6.29 Å². The van der Waals surface area contributed by atoms with Gasteiger partial charge in [0.2, 0.25) is 5.82 Å². The first-order chi connectivity index (χ1) is 6.11. The Bertz CT molecular complexity index is 352. The van der Waals surface area contributed by atoms with Crippen LogP contribution in [0, 0.1) is 5.82 Å². The van der Waals surface area contributed by atoms with E-state index in [1.165, 1.54) is 7.11 Å². The van der Waals surface area contributed by atoms with Gasteiger partial charge in [-0.3, -0.25) is 4.79 Å². The zero-order valence-corrected chi connectivity index (χ0v) is 7.43. The van der Waals surface area contributed by atoms with Gasteiger partial charge in [-0.05, 0) is 6.07 Å². The summed E-state index contributed by atoms with van der Waals surface area (Å²) in [5.41, 5.74) is -0.0391. The Hall–Kier alpha value is -1.29. The number of phenols is 1. The zero-order valence-electron chi connectivity index (χ0n) is 6.67. The zero-order chi connectivity index (χ0) is 10.0. The van der Waals surface area contributed by atoms with Crippen LogP contribution < -0.4 is 4.74 Å². The van der Waals surface area contributed by atoms with Crippen molar-refractivity contribution in [3.8, 4) is 11.5 Å². The molecule has 0 aromatic heterocycles. The Labute approximate surface area is 78.7 Å². The second-order valence-electron chi connectivity index (χ2n) is 2.26. The first-order valence-electron chi connectivity index (χ1n) is 3.32. The van der Waals surface area contributed by atoms with Crippen LogP contribution in [0.25, 0.3) is 0 Å². The van der Waals surface area contributed by atoms with Crippen molar-refractivity contribution in [2.75, 3.05) is 7.11 Å². The van der Waals surface area contributed by atoms with Crippen LogP contribution in [0.1, 0.15) is 10.4 Å². The van der Waals surface area contributed by atoms with E-state index in [1.54, 1.807) is 0 Å². The maximum absolute atomic E-state index is 13.1. The van der Waals surface area contributed by atoms with Crippen LogP contribution >= 0.6 is 11.6 Å². The number of benzene rings is 1. The number of hydrogen-bond donors (Lipinski definition) is 1. The first-order valence-corrected chi connectivity index (χ1v) is 3.69. The van der Waals surface area contributed by atoms with Gasteiger partial charge in [-0.1, -0.05) is 11.6 Å². The molecule has 1 N–H and O–H groups in total. The summed E-state index contributed by atoms with van der Waals surface area (Å²) in [6.07, 6.45) is 0.396. The molecule has 1 aromatic rings. The van der Waals surface area contributed by atoms with Gasteiger partial charge in [-0.25, -0.2) is 0 Å². The molecule has 0 spiro atoms. The molecular formula is C8H6ClFO3. The molecule has 0 bridgehead atoms. The molecule has 0 amide bonds. The largest absolute Gasteiger partial charge is 0.504 e. The molecule has 0 aliphatic rings. The molecule has 0 atom stereocenters. The van der Waals surface area contributed by atoms with Crippen molar-refractivity contribution in [1.29, 1.82) is 0 Å². The fourth-order valence-corrected chi connectivity index (χ4v) is 1.11. The number of carbonyl (C=O) groups is 1. The standard InChI is InChI=1S/C8H6ClFO3/c1-13-8-4(3-11)2-5(9)7(12)6(8)10/h2-3,12H,1H3. The molecule has 0 aliphatic carbocycles. The molecule has 0 fully saturated rings. The fraction of sp³-hybridized carbons (Fsp3) is 0.125. The second kappa shape index (κ2) is 3.62. The van der Waals surface area contributed by atoms with Gasteiger partial charge in [0.15, 0.2) is 17.8 Å². The number of ether oxygens (including phenoxy) is 1. The highest BCUT2D eigenvalue weighted by molar-refractivity contribution is 6.32. The molecule has 0 aliphatic heterocycles. The lowest BCUT2D eigenvalue weighted by molar-refractivity contribution is 0.111. The molecular weight excluding hydrogens is 199 g/mol. The van der Waals surface area contributed by atoms with E-state index in [9.17, 15) is 9.18 Å². The number of aromatic hydroxyl groups is 1. The van der Waals surface area contributed by atoms with Crippen LogP contribution in [-0.2, 0) is 0 Å². The van der Waals surface area contributed by atoms with E-state index in [4.69, 9.17) is 16.7 Å². The molecule has 3 nitrogen and oxygen atoms in total. The van der Waals surface area contributed by atoms with Gasteiger partial charge in [0, 0.05) is 0 Å². The van der Waals surface area contributed by atoms with E-state index in [0.717, 1.165) is 6.07 Å². The number of carbonyl (C=O) groups excluding carboxylic acids is 1. The Balaban J connectivity index is 3.47. The first kappa shape index (κ1) is 9.80. The maximum Gasteiger partial charge on any atom is 0.208 e. The summed E-state index contributed by atoms with van der Waals surface area (Å²) in [5.74, 6) is -2.06. The van der Waals surface area contributed by atoms with Crippen molar-refractivity contribution in [1.82, 2.24) is 0 Å². The number of hydrogen-bond acceptors (Lipinski definition) is 3. The third-order valence-electron chi connectivity index (χ3n) is 1.51. The van der Waals surface area contributed by atoms with Crippen molar-refractivity contribution in [3.63, 3.8) is 0 Å². The molecule has 0 heterocycles. The van der Waals surface area contributed by atoms with E-state index in [1.807, 2.05) is 0 Å². The minimum absolute atomic E-state index is 0.0391. The number of aldehydes is 1. The average Bonchev–Trinajstić information content (AvgIpc) is 2.13. The van der Waals surface area contributed by atoms with E-state index < -0.39 is 11.6 Å². The lowest BCUT2D eigenvalue weighted by atomic mass is 10.2. The van der Waals surface area contributed by atoms with Crippen LogP contribution in [0.15, 0.2) is 6.07 Å². The van der Waals surface area contributed by atoms with Crippen LogP contribution in [0.2, 0.25) is 5.02 Å². The van der Waals surface area contributed by atoms with Gasteiger partial charge in [0.25, 0.3) is 0 Å². The minimum atomic E-state index is -1.03. The topological polar surface area (TPSA) is 46.5 Å². The van der Waals surface area contributed by atoms with Crippen molar-refractivity contribution in [3.05, 3.63) is 22.5 Å². The van der Waals surface area contributed by atoms with Gasteiger partial charge < -0.3 is 9.84 Å². The normalized spacial score (nSPS) is 9.77. The number of methoxy groups -OCH3 is 1. The predicted octanol–water partition coefficient (Wildman–Crippen LogP) is 2.01. The molecule has 0 saturated heterocycles. The van der Waals surface area contributed by atoms with Crippen molar-refractivity contribution >= 4 is 17.9 Å². The van der Waals surface area contributed by atoms with E-state index >= 15 is 0 Å². The lowest BCUT2D eigenvalue weighted by Gasteiger charge is -2.07. The summed E-state index contributed by atoms with van der Waals surface area (Å²) in [6.45, 7) is 0. The summed E-state index contributed by atoms with van der Waals surface area (Å²) in [7, 11) is 1.19. The molecule has 0 unspecified atom stereocenters. The van der Waals surface area contributed by atoms with Crippen molar-refractivity contribution in [2.45, 2.75) is 0 Å². The molecule has 13 heavy (non-hydrogen) atoms. The van der Waals surface area contributed by atoms with Gasteiger partial charge in [-0.15, -0.1) is 0 Å². The van der Waals surface area contributed by atoms with E-state index in [2.05, 4.69) is 4.74 Å². The molecule has 0 saturated carbocycles.